The normalized spacial score (nSPS) is 30.4. The van der Waals surface area contributed by atoms with Crippen LogP contribution < -0.4 is 5.32 Å². The Labute approximate surface area is 112 Å². The predicted octanol–water partition coefficient (Wildman–Crippen LogP) is 1.16. The Morgan fingerprint density at radius 2 is 2.26 bits per heavy atom. The summed E-state index contributed by atoms with van der Waals surface area (Å²) >= 11 is 0. The monoisotopic (exact) mass is 268 g/mol. The van der Waals surface area contributed by atoms with E-state index in [-0.39, 0.29) is 18.0 Å². The summed E-state index contributed by atoms with van der Waals surface area (Å²) in [5.41, 5.74) is -0.0913. The van der Waals surface area contributed by atoms with Crippen molar-refractivity contribution in [3.8, 4) is 0 Å². The first-order valence-electron chi connectivity index (χ1n) is 6.80. The number of hydrogen-bond acceptors (Lipinski definition) is 4. The maximum atomic E-state index is 11.8. The highest BCUT2D eigenvalue weighted by Crippen LogP contribution is 2.28. The van der Waals surface area contributed by atoms with Crippen LogP contribution in [0.15, 0.2) is 5.16 Å². The average molecular weight is 268 g/mol. The average Bonchev–Trinajstić information content (AvgIpc) is 2.86. The largest absolute Gasteiger partial charge is 0.477 e. The summed E-state index contributed by atoms with van der Waals surface area (Å²) in [5, 5.41) is 15.0. The van der Waals surface area contributed by atoms with Gasteiger partial charge < -0.3 is 15.3 Å². The molecule has 0 radical (unpaired) electrons. The molecule has 0 spiro atoms. The van der Waals surface area contributed by atoms with Gasteiger partial charge in [0.05, 0.1) is 0 Å². The van der Waals surface area contributed by atoms with E-state index < -0.39 is 12.1 Å². The highest BCUT2D eigenvalue weighted by molar-refractivity contribution is 6.36. The molecule has 1 saturated carbocycles. The number of carbonyl (C=O) groups excluding carboxylic acids is 1. The van der Waals surface area contributed by atoms with Crippen molar-refractivity contribution in [3.63, 3.8) is 0 Å². The van der Waals surface area contributed by atoms with E-state index in [0.29, 0.717) is 12.5 Å². The van der Waals surface area contributed by atoms with E-state index in [2.05, 4.69) is 17.4 Å². The molecule has 0 aromatic carbocycles. The molecule has 3 atom stereocenters. The van der Waals surface area contributed by atoms with Crippen LogP contribution in [0, 0.1) is 11.8 Å². The molecule has 106 valence electrons. The number of rotatable bonds is 4. The van der Waals surface area contributed by atoms with E-state index >= 15 is 0 Å². The van der Waals surface area contributed by atoms with Crippen LogP contribution in [0.5, 0.6) is 0 Å². The van der Waals surface area contributed by atoms with E-state index in [1.165, 1.54) is 12.8 Å². The summed E-state index contributed by atoms with van der Waals surface area (Å²) in [6.45, 7) is 2.88. The summed E-state index contributed by atoms with van der Waals surface area (Å²) in [7, 11) is 0. The van der Waals surface area contributed by atoms with Gasteiger partial charge in [0, 0.05) is 13.0 Å². The minimum atomic E-state index is -1.13. The second-order valence-electron chi connectivity index (χ2n) is 5.52. The lowest BCUT2D eigenvalue weighted by atomic mass is 9.82. The van der Waals surface area contributed by atoms with Crippen LogP contribution in [0.4, 0.5) is 0 Å². The quantitative estimate of drug-likeness (QED) is 0.800. The molecule has 0 bridgehead atoms. The second kappa shape index (κ2) is 6.04. The SMILES string of the molecule is CC1CCCC(CNC(=O)C2CC(C(=O)O)=NO2)C1. The van der Waals surface area contributed by atoms with Gasteiger partial charge in [-0.25, -0.2) is 4.79 Å². The van der Waals surface area contributed by atoms with E-state index in [9.17, 15) is 9.59 Å². The Bertz CT molecular complexity index is 394. The highest BCUT2D eigenvalue weighted by Gasteiger charge is 2.31. The van der Waals surface area contributed by atoms with Crippen LogP contribution in [0.1, 0.15) is 39.0 Å². The Kier molecular flexibility index (Phi) is 4.39. The second-order valence-corrected chi connectivity index (χ2v) is 5.52. The zero-order valence-corrected chi connectivity index (χ0v) is 11.1. The maximum Gasteiger partial charge on any atom is 0.353 e. The lowest BCUT2D eigenvalue weighted by Crippen LogP contribution is -2.38. The van der Waals surface area contributed by atoms with Crippen LogP contribution in [-0.2, 0) is 14.4 Å². The van der Waals surface area contributed by atoms with Gasteiger partial charge in [-0.05, 0) is 24.7 Å². The smallest absolute Gasteiger partial charge is 0.353 e. The molecular formula is C13H20N2O4. The Morgan fingerprint density at radius 1 is 1.47 bits per heavy atom. The Morgan fingerprint density at radius 3 is 2.89 bits per heavy atom. The number of carboxylic acid groups (broad SMARTS) is 1. The maximum absolute atomic E-state index is 11.8. The Balaban J connectivity index is 1.72. The van der Waals surface area contributed by atoms with Crippen LogP contribution in [0.3, 0.4) is 0 Å². The minimum Gasteiger partial charge on any atom is -0.477 e. The molecule has 1 fully saturated rings. The van der Waals surface area contributed by atoms with Crippen molar-refractivity contribution in [2.75, 3.05) is 6.54 Å². The first-order valence-corrected chi connectivity index (χ1v) is 6.80. The lowest BCUT2D eigenvalue weighted by molar-refractivity contribution is -0.131. The molecule has 1 heterocycles. The summed E-state index contributed by atoms with van der Waals surface area (Å²) in [5.74, 6) is -0.149. The van der Waals surface area contributed by atoms with Crippen LogP contribution >= 0.6 is 0 Å². The van der Waals surface area contributed by atoms with Crippen molar-refractivity contribution in [1.29, 1.82) is 0 Å². The van der Waals surface area contributed by atoms with Gasteiger partial charge in [0.15, 0.2) is 5.71 Å². The molecule has 19 heavy (non-hydrogen) atoms. The molecule has 6 nitrogen and oxygen atoms in total. The van der Waals surface area contributed by atoms with Crippen molar-refractivity contribution in [2.24, 2.45) is 17.0 Å². The van der Waals surface area contributed by atoms with Gasteiger partial charge in [0.1, 0.15) is 0 Å². The van der Waals surface area contributed by atoms with Crippen molar-refractivity contribution >= 4 is 17.6 Å². The van der Waals surface area contributed by atoms with Gasteiger partial charge in [0.2, 0.25) is 6.10 Å². The third-order valence-electron chi connectivity index (χ3n) is 3.82. The third-order valence-corrected chi connectivity index (χ3v) is 3.82. The highest BCUT2D eigenvalue weighted by atomic mass is 16.6. The molecular weight excluding hydrogens is 248 g/mol. The first kappa shape index (κ1) is 13.8. The van der Waals surface area contributed by atoms with Crippen LogP contribution in [0.2, 0.25) is 0 Å². The number of nitrogens with one attached hydrogen (secondary N) is 1. The molecule has 3 unspecified atom stereocenters. The standard InChI is InChI=1S/C13H20N2O4/c1-8-3-2-4-9(5-8)7-14-12(16)11-6-10(13(17)18)15-19-11/h8-9,11H,2-7H2,1H3,(H,14,16)(H,17,18). The van der Waals surface area contributed by atoms with Crippen molar-refractivity contribution in [1.82, 2.24) is 5.32 Å². The van der Waals surface area contributed by atoms with Crippen LogP contribution in [-0.4, -0.2) is 35.3 Å². The van der Waals surface area contributed by atoms with E-state index in [1.54, 1.807) is 0 Å². The number of hydrogen-bond donors (Lipinski definition) is 2. The third kappa shape index (κ3) is 3.68. The number of carbonyl (C=O) groups is 2. The summed E-state index contributed by atoms with van der Waals surface area (Å²) in [6.07, 6.45) is 4.03. The molecule has 0 aromatic heterocycles. The number of aliphatic carboxylic acids is 1. The number of amides is 1. The number of oxime groups is 1. The summed E-state index contributed by atoms with van der Waals surface area (Å²) in [4.78, 5) is 27.3. The molecule has 1 amide bonds. The molecule has 0 aromatic rings. The van der Waals surface area contributed by atoms with Gasteiger partial charge in [-0.1, -0.05) is 24.9 Å². The topological polar surface area (TPSA) is 88.0 Å². The summed E-state index contributed by atoms with van der Waals surface area (Å²) in [6, 6.07) is 0. The fourth-order valence-corrected chi connectivity index (χ4v) is 2.75. The van der Waals surface area contributed by atoms with Crippen LogP contribution in [0.25, 0.3) is 0 Å². The van der Waals surface area contributed by atoms with E-state index in [1.807, 2.05) is 0 Å². The molecule has 2 N–H and O–H groups in total. The van der Waals surface area contributed by atoms with E-state index in [4.69, 9.17) is 9.94 Å². The van der Waals surface area contributed by atoms with Crippen molar-refractivity contribution in [2.45, 2.75) is 45.1 Å². The lowest BCUT2D eigenvalue weighted by Gasteiger charge is -2.27. The van der Waals surface area contributed by atoms with Gasteiger partial charge in [-0.15, -0.1) is 0 Å². The first-order chi connectivity index (χ1) is 9.06. The molecule has 1 aliphatic carbocycles. The fraction of sp³-hybridized carbons (Fsp3) is 0.769. The molecule has 2 aliphatic rings. The zero-order valence-electron chi connectivity index (χ0n) is 11.1. The Hall–Kier alpha value is -1.59. The van der Waals surface area contributed by atoms with Gasteiger partial charge in [-0.3, -0.25) is 4.79 Å². The summed E-state index contributed by atoms with van der Waals surface area (Å²) < 4.78 is 0. The zero-order chi connectivity index (χ0) is 13.8. The predicted molar refractivity (Wildman–Crippen MR) is 68.7 cm³/mol. The molecule has 2 rings (SSSR count). The van der Waals surface area contributed by atoms with Crippen molar-refractivity contribution < 1.29 is 19.5 Å². The minimum absolute atomic E-state index is 0.0439. The fourth-order valence-electron chi connectivity index (χ4n) is 2.75. The molecule has 1 aliphatic heterocycles. The van der Waals surface area contributed by atoms with Crippen molar-refractivity contribution in [3.05, 3.63) is 0 Å². The van der Waals surface area contributed by atoms with Gasteiger partial charge >= 0.3 is 5.97 Å². The van der Waals surface area contributed by atoms with E-state index in [0.717, 1.165) is 18.8 Å². The number of carboxylic acids is 1. The number of nitrogens with zero attached hydrogens (tertiary/aromatic N) is 1. The molecule has 0 saturated heterocycles. The van der Waals surface area contributed by atoms with Gasteiger partial charge in [0.25, 0.3) is 5.91 Å². The van der Waals surface area contributed by atoms with Gasteiger partial charge in [-0.2, -0.15) is 0 Å². The molecule has 6 heteroatoms.